The average molecular weight is 289 g/mol. The lowest BCUT2D eigenvalue weighted by Crippen LogP contribution is -2.21. The van der Waals surface area contributed by atoms with Crippen molar-refractivity contribution in [1.29, 1.82) is 0 Å². The molecule has 114 valence electrons. The van der Waals surface area contributed by atoms with Crippen LogP contribution in [0.3, 0.4) is 0 Å². The number of benzene rings is 1. The van der Waals surface area contributed by atoms with Crippen molar-refractivity contribution in [2.24, 2.45) is 0 Å². The van der Waals surface area contributed by atoms with Gasteiger partial charge in [0.1, 0.15) is 5.82 Å². The number of fused-ring (bicyclic) bond motifs is 1. The first-order valence-electron chi connectivity index (χ1n) is 7.25. The predicted molar refractivity (Wildman–Crippen MR) is 83.4 cm³/mol. The molecule has 0 aliphatic heterocycles. The van der Waals surface area contributed by atoms with Gasteiger partial charge >= 0.3 is 5.97 Å². The minimum atomic E-state index is -0.752. The van der Waals surface area contributed by atoms with E-state index in [2.05, 4.69) is 41.5 Å². The summed E-state index contributed by atoms with van der Waals surface area (Å²) < 4.78 is 2.16. The summed E-state index contributed by atoms with van der Waals surface area (Å²) in [6, 6.07) is 6.41. The molecule has 0 spiro atoms. The highest BCUT2D eigenvalue weighted by atomic mass is 16.4. The molecule has 2 rings (SSSR count). The van der Waals surface area contributed by atoms with Gasteiger partial charge in [0.05, 0.1) is 17.1 Å². The molecule has 0 saturated carbocycles. The van der Waals surface area contributed by atoms with Gasteiger partial charge in [-0.25, -0.2) is 4.98 Å². The van der Waals surface area contributed by atoms with Gasteiger partial charge in [0, 0.05) is 13.0 Å². The average Bonchev–Trinajstić information content (AvgIpc) is 2.75. The lowest BCUT2D eigenvalue weighted by Gasteiger charge is -2.20. The summed E-state index contributed by atoms with van der Waals surface area (Å²) in [6.45, 7) is 4.85. The smallest absolute Gasteiger partial charge is 0.303 e. The molecular weight excluding hydrogens is 266 g/mol. The number of carboxylic acid groups (broad SMARTS) is 1. The molecule has 5 heteroatoms. The van der Waals surface area contributed by atoms with E-state index >= 15 is 0 Å². The molecule has 2 aromatic rings. The fourth-order valence-corrected chi connectivity index (χ4v) is 2.43. The Labute approximate surface area is 125 Å². The van der Waals surface area contributed by atoms with Crippen molar-refractivity contribution in [1.82, 2.24) is 14.5 Å². The maximum absolute atomic E-state index is 10.7. The monoisotopic (exact) mass is 289 g/mol. The van der Waals surface area contributed by atoms with E-state index < -0.39 is 5.97 Å². The molecule has 1 aromatic carbocycles. The molecule has 0 aliphatic rings. The molecule has 0 saturated heterocycles. The van der Waals surface area contributed by atoms with Crippen LogP contribution in [0.25, 0.3) is 11.0 Å². The fourth-order valence-electron chi connectivity index (χ4n) is 2.43. The summed E-state index contributed by atoms with van der Waals surface area (Å²) in [7, 11) is 4.05. The number of carbonyl (C=O) groups is 1. The Balaban J connectivity index is 2.42. The number of rotatable bonds is 6. The minimum absolute atomic E-state index is 0.182. The SMILES string of the molecule is Cc1ccc2c(c1)nc(C(C)N(C)C)n2CCCC(=O)O. The molecule has 0 radical (unpaired) electrons. The number of hydrogen-bond donors (Lipinski definition) is 1. The Kier molecular flexibility index (Phi) is 4.63. The Morgan fingerprint density at radius 2 is 2.14 bits per heavy atom. The van der Waals surface area contributed by atoms with Crippen LogP contribution in [-0.2, 0) is 11.3 Å². The van der Waals surface area contributed by atoms with Crippen molar-refractivity contribution in [3.8, 4) is 0 Å². The minimum Gasteiger partial charge on any atom is -0.481 e. The Morgan fingerprint density at radius 3 is 2.76 bits per heavy atom. The Hall–Kier alpha value is -1.88. The third kappa shape index (κ3) is 3.42. The normalized spacial score (nSPS) is 13.0. The van der Waals surface area contributed by atoms with E-state index in [-0.39, 0.29) is 12.5 Å². The van der Waals surface area contributed by atoms with Crippen LogP contribution < -0.4 is 0 Å². The molecule has 1 unspecified atom stereocenters. The maximum Gasteiger partial charge on any atom is 0.303 e. The third-order valence-corrected chi connectivity index (χ3v) is 3.85. The van der Waals surface area contributed by atoms with Crippen LogP contribution >= 0.6 is 0 Å². The zero-order chi connectivity index (χ0) is 15.6. The number of aromatic nitrogens is 2. The van der Waals surface area contributed by atoms with Crippen LogP contribution in [0.2, 0.25) is 0 Å². The second-order valence-corrected chi connectivity index (χ2v) is 5.75. The predicted octanol–water partition coefficient (Wildman–Crippen LogP) is 2.83. The quantitative estimate of drug-likeness (QED) is 0.888. The Bertz CT molecular complexity index is 646. The van der Waals surface area contributed by atoms with Gasteiger partial charge in [-0.15, -0.1) is 0 Å². The molecular formula is C16H23N3O2. The molecule has 0 aliphatic carbocycles. The third-order valence-electron chi connectivity index (χ3n) is 3.85. The van der Waals surface area contributed by atoms with Crippen molar-refractivity contribution in [3.05, 3.63) is 29.6 Å². The second kappa shape index (κ2) is 6.26. The van der Waals surface area contributed by atoms with Crippen LogP contribution in [-0.4, -0.2) is 39.6 Å². The molecule has 1 atom stereocenters. The molecule has 21 heavy (non-hydrogen) atoms. The van der Waals surface area contributed by atoms with E-state index in [1.54, 1.807) is 0 Å². The van der Waals surface area contributed by atoms with Gasteiger partial charge in [0.15, 0.2) is 0 Å². The maximum atomic E-state index is 10.7. The number of imidazole rings is 1. The summed E-state index contributed by atoms with van der Waals surface area (Å²) in [5, 5.41) is 8.83. The van der Waals surface area contributed by atoms with Crippen molar-refractivity contribution >= 4 is 17.0 Å². The topological polar surface area (TPSA) is 58.4 Å². The highest BCUT2D eigenvalue weighted by Gasteiger charge is 2.18. The van der Waals surface area contributed by atoms with Crippen LogP contribution in [0.5, 0.6) is 0 Å². The van der Waals surface area contributed by atoms with E-state index in [1.807, 2.05) is 14.1 Å². The van der Waals surface area contributed by atoms with Gasteiger partial charge in [0.25, 0.3) is 0 Å². The van der Waals surface area contributed by atoms with Gasteiger partial charge in [-0.1, -0.05) is 6.07 Å². The van der Waals surface area contributed by atoms with Gasteiger partial charge < -0.3 is 9.67 Å². The van der Waals surface area contributed by atoms with Crippen LogP contribution in [0.15, 0.2) is 18.2 Å². The van der Waals surface area contributed by atoms with Crippen LogP contribution in [0.1, 0.15) is 37.2 Å². The van der Waals surface area contributed by atoms with Gasteiger partial charge in [0.2, 0.25) is 0 Å². The zero-order valence-electron chi connectivity index (χ0n) is 13.1. The summed E-state index contributed by atoms with van der Waals surface area (Å²) in [5.41, 5.74) is 3.24. The molecule has 1 aromatic heterocycles. The first-order chi connectivity index (χ1) is 9.90. The van der Waals surface area contributed by atoms with E-state index in [0.717, 1.165) is 16.9 Å². The van der Waals surface area contributed by atoms with Crippen molar-refractivity contribution < 1.29 is 9.90 Å². The standard InChI is InChI=1S/C16H23N3O2/c1-11-7-8-14-13(10-11)17-16(12(2)18(3)4)19(14)9-5-6-15(20)21/h7-8,10,12H,5-6,9H2,1-4H3,(H,20,21). The first-order valence-corrected chi connectivity index (χ1v) is 7.25. The number of aliphatic carboxylic acids is 1. The van der Waals surface area contributed by atoms with Crippen LogP contribution in [0, 0.1) is 6.92 Å². The van der Waals surface area contributed by atoms with Gasteiger partial charge in [-0.05, 0) is 52.1 Å². The molecule has 5 nitrogen and oxygen atoms in total. The summed E-state index contributed by atoms with van der Waals surface area (Å²) in [5.74, 6) is 0.239. The van der Waals surface area contributed by atoms with Crippen molar-refractivity contribution in [2.75, 3.05) is 14.1 Å². The van der Waals surface area contributed by atoms with E-state index in [0.29, 0.717) is 13.0 Å². The van der Waals surface area contributed by atoms with E-state index in [1.165, 1.54) is 5.56 Å². The zero-order valence-corrected chi connectivity index (χ0v) is 13.1. The van der Waals surface area contributed by atoms with Crippen LogP contribution in [0.4, 0.5) is 0 Å². The van der Waals surface area contributed by atoms with Crippen molar-refractivity contribution in [2.45, 2.75) is 39.3 Å². The molecule has 0 amide bonds. The number of carboxylic acids is 1. The number of aryl methyl sites for hydroxylation is 2. The highest BCUT2D eigenvalue weighted by Crippen LogP contribution is 2.24. The molecule has 1 N–H and O–H groups in total. The largest absolute Gasteiger partial charge is 0.481 e. The first kappa shape index (κ1) is 15.5. The Morgan fingerprint density at radius 1 is 1.43 bits per heavy atom. The van der Waals surface area contributed by atoms with E-state index in [4.69, 9.17) is 10.1 Å². The van der Waals surface area contributed by atoms with Gasteiger partial charge in [-0.2, -0.15) is 0 Å². The molecule has 0 fully saturated rings. The van der Waals surface area contributed by atoms with Crippen molar-refractivity contribution in [3.63, 3.8) is 0 Å². The van der Waals surface area contributed by atoms with E-state index in [9.17, 15) is 4.79 Å². The summed E-state index contributed by atoms with van der Waals surface area (Å²) in [6.07, 6.45) is 0.795. The summed E-state index contributed by atoms with van der Waals surface area (Å²) in [4.78, 5) is 17.6. The van der Waals surface area contributed by atoms with Gasteiger partial charge in [-0.3, -0.25) is 9.69 Å². The number of nitrogens with zero attached hydrogens (tertiary/aromatic N) is 3. The molecule has 1 heterocycles. The lowest BCUT2D eigenvalue weighted by molar-refractivity contribution is -0.137. The summed E-state index contributed by atoms with van der Waals surface area (Å²) >= 11 is 0. The second-order valence-electron chi connectivity index (χ2n) is 5.75. The highest BCUT2D eigenvalue weighted by molar-refractivity contribution is 5.77. The lowest BCUT2D eigenvalue weighted by atomic mass is 10.2. The number of hydrogen-bond acceptors (Lipinski definition) is 3. The molecule has 0 bridgehead atoms. The fraction of sp³-hybridized carbons (Fsp3) is 0.500.